The first-order valence-electron chi connectivity index (χ1n) is 8.94. The number of ketones is 1. The Bertz CT molecular complexity index is 690. The number of nitrogens with zero attached hydrogens (tertiary/aromatic N) is 1. The number of ether oxygens (including phenoxy) is 2. The summed E-state index contributed by atoms with van der Waals surface area (Å²) in [5.41, 5.74) is 1.87. The van der Waals surface area contributed by atoms with Gasteiger partial charge in [0.2, 0.25) is 5.91 Å². The van der Waals surface area contributed by atoms with Crippen molar-refractivity contribution in [1.82, 2.24) is 9.88 Å². The van der Waals surface area contributed by atoms with E-state index in [1.807, 2.05) is 0 Å². The van der Waals surface area contributed by atoms with E-state index < -0.39 is 12.0 Å². The number of methoxy groups -OCH3 is 2. The highest BCUT2D eigenvalue weighted by Gasteiger charge is 2.35. The van der Waals surface area contributed by atoms with Crippen LogP contribution in [-0.4, -0.2) is 61.0 Å². The normalized spacial score (nSPS) is 15.3. The van der Waals surface area contributed by atoms with Gasteiger partial charge in [-0.1, -0.05) is 6.42 Å². The fourth-order valence-corrected chi connectivity index (χ4v) is 3.35. The van der Waals surface area contributed by atoms with Crippen molar-refractivity contribution in [2.75, 3.05) is 27.4 Å². The third-order valence-electron chi connectivity index (χ3n) is 5.19. The Morgan fingerprint density at radius 2 is 1.88 bits per heavy atom. The van der Waals surface area contributed by atoms with E-state index in [-0.39, 0.29) is 23.3 Å². The highest BCUT2D eigenvalue weighted by Crippen LogP contribution is 2.30. The lowest BCUT2D eigenvalue weighted by molar-refractivity contribution is -0.140. The van der Waals surface area contributed by atoms with Gasteiger partial charge >= 0.3 is 5.97 Å². The van der Waals surface area contributed by atoms with E-state index in [2.05, 4.69) is 4.98 Å². The summed E-state index contributed by atoms with van der Waals surface area (Å²) in [6, 6.07) is -0.628. The molecule has 1 amide bonds. The van der Waals surface area contributed by atoms with Crippen LogP contribution in [0.15, 0.2) is 0 Å². The van der Waals surface area contributed by atoms with Crippen LogP contribution < -0.4 is 0 Å². The van der Waals surface area contributed by atoms with Gasteiger partial charge in [0.05, 0.1) is 19.8 Å². The molecule has 1 fully saturated rings. The van der Waals surface area contributed by atoms with E-state index in [1.54, 1.807) is 32.8 Å². The van der Waals surface area contributed by atoms with E-state index in [0.29, 0.717) is 30.0 Å². The number of rotatable bonds is 8. The smallest absolute Gasteiger partial charge is 0.354 e. The molecule has 26 heavy (non-hydrogen) atoms. The van der Waals surface area contributed by atoms with Crippen molar-refractivity contribution in [3.8, 4) is 0 Å². The minimum Gasteiger partial charge on any atom is -0.464 e. The molecule has 1 aromatic rings. The van der Waals surface area contributed by atoms with Gasteiger partial charge in [0.15, 0.2) is 5.78 Å². The van der Waals surface area contributed by atoms with E-state index in [0.717, 1.165) is 19.3 Å². The Morgan fingerprint density at radius 3 is 2.38 bits per heavy atom. The Balaban J connectivity index is 2.29. The van der Waals surface area contributed by atoms with Gasteiger partial charge in [0.1, 0.15) is 5.69 Å². The van der Waals surface area contributed by atoms with Gasteiger partial charge in [-0.25, -0.2) is 4.79 Å². The fourth-order valence-electron chi connectivity index (χ4n) is 3.35. The second kappa shape index (κ2) is 8.49. The number of Topliss-reactive ketones (excluding diaryl/α,β-unsaturated/α-hetero) is 1. The summed E-state index contributed by atoms with van der Waals surface area (Å²) in [5.74, 6) is -0.691. The van der Waals surface area contributed by atoms with Crippen LogP contribution in [0.25, 0.3) is 0 Å². The first kappa shape index (κ1) is 20.2. The van der Waals surface area contributed by atoms with Crippen molar-refractivity contribution < 1.29 is 23.9 Å². The zero-order chi connectivity index (χ0) is 19.4. The van der Waals surface area contributed by atoms with Crippen LogP contribution in [0.3, 0.4) is 0 Å². The first-order valence-corrected chi connectivity index (χ1v) is 8.94. The highest BCUT2D eigenvalue weighted by atomic mass is 16.5. The van der Waals surface area contributed by atoms with Gasteiger partial charge in [0.25, 0.3) is 0 Å². The molecule has 1 saturated carbocycles. The van der Waals surface area contributed by atoms with Gasteiger partial charge in [0, 0.05) is 30.8 Å². The number of amides is 1. The quantitative estimate of drug-likeness (QED) is 0.565. The number of hydrogen-bond acceptors (Lipinski definition) is 5. The van der Waals surface area contributed by atoms with Gasteiger partial charge in [-0.15, -0.1) is 0 Å². The maximum atomic E-state index is 13.1. The molecule has 0 aliphatic heterocycles. The summed E-state index contributed by atoms with van der Waals surface area (Å²) in [6.45, 7) is 5.92. The highest BCUT2D eigenvalue weighted by molar-refractivity contribution is 6.06. The molecule has 1 atom stereocenters. The number of carbonyl (C=O) groups is 3. The molecule has 0 saturated heterocycles. The lowest BCUT2D eigenvalue weighted by Gasteiger charge is -2.35. The minimum atomic E-state index is -0.628. The molecule has 2 rings (SSSR count). The molecule has 0 bridgehead atoms. The maximum absolute atomic E-state index is 13.1. The summed E-state index contributed by atoms with van der Waals surface area (Å²) in [7, 11) is 2.87. The van der Waals surface area contributed by atoms with Crippen LogP contribution in [0.1, 0.15) is 58.3 Å². The van der Waals surface area contributed by atoms with Gasteiger partial charge in [-0.05, 0) is 39.2 Å². The van der Waals surface area contributed by atoms with E-state index >= 15 is 0 Å². The molecule has 1 heterocycles. The predicted octanol–water partition coefficient (Wildman–Crippen LogP) is 2.26. The van der Waals surface area contributed by atoms with Crippen LogP contribution in [0.2, 0.25) is 0 Å². The molecular weight excluding hydrogens is 336 g/mol. The third-order valence-corrected chi connectivity index (χ3v) is 5.19. The summed E-state index contributed by atoms with van der Waals surface area (Å²) in [4.78, 5) is 42.3. The molecule has 144 valence electrons. The SMILES string of the molecule is COCCN(C(=O)C1CCC1)C(C)C(=O)c1c(C)[nH]c(C(=O)OC)c1C. The number of nitrogens with one attached hydrogen (secondary N) is 1. The molecule has 1 aromatic heterocycles. The number of H-pyrrole nitrogens is 1. The number of aromatic amines is 1. The summed E-state index contributed by atoms with van der Waals surface area (Å²) in [5, 5.41) is 0. The molecule has 0 radical (unpaired) electrons. The standard InChI is InChI=1S/C19H28N2O5/c1-11-15(12(2)20-16(11)19(24)26-5)17(22)13(3)21(9-10-25-4)18(23)14-7-6-8-14/h13-14,20H,6-10H2,1-5H3. The molecule has 0 spiro atoms. The number of aromatic nitrogens is 1. The lowest BCUT2D eigenvalue weighted by Crippen LogP contribution is -2.48. The largest absolute Gasteiger partial charge is 0.464 e. The van der Waals surface area contributed by atoms with Crippen LogP contribution in [0.5, 0.6) is 0 Å². The Morgan fingerprint density at radius 1 is 1.23 bits per heavy atom. The molecule has 1 aliphatic carbocycles. The molecular formula is C19H28N2O5. The average molecular weight is 364 g/mol. The molecule has 1 N–H and O–H groups in total. The number of hydrogen-bond donors (Lipinski definition) is 1. The third kappa shape index (κ3) is 3.82. The Hall–Kier alpha value is -2.15. The summed E-state index contributed by atoms with van der Waals surface area (Å²) in [6.07, 6.45) is 2.80. The number of carbonyl (C=O) groups excluding carboxylic acids is 3. The van der Waals surface area contributed by atoms with Gasteiger partial charge < -0.3 is 19.4 Å². The van der Waals surface area contributed by atoms with Gasteiger partial charge in [-0.3, -0.25) is 9.59 Å². The lowest BCUT2D eigenvalue weighted by atomic mass is 9.84. The van der Waals surface area contributed by atoms with Crippen molar-refractivity contribution in [1.29, 1.82) is 0 Å². The maximum Gasteiger partial charge on any atom is 0.354 e. The van der Waals surface area contributed by atoms with E-state index in [1.165, 1.54) is 7.11 Å². The zero-order valence-corrected chi connectivity index (χ0v) is 16.2. The predicted molar refractivity (Wildman–Crippen MR) is 96.3 cm³/mol. The fraction of sp³-hybridized carbons (Fsp3) is 0.632. The van der Waals surface area contributed by atoms with Crippen molar-refractivity contribution in [2.45, 2.75) is 46.1 Å². The topological polar surface area (TPSA) is 88.7 Å². The van der Waals surface area contributed by atoms with Crippen molar-refractivity contribution in [3.63, 3.8) is 0 Å². The molecule has 0 aromatic carbocycles. The van der Waals surface area contributed by atoms with Crippen LogP contribution in [0.4, 0.5) is 0 Å². The molecule has 7 nitrogen and oxygen atoms in total. The number of aryl methyl sites for hydroxylation is 1. The average Bonchev–Trinajstić information content (AvgIpc) is 2.86. The molecule has 7 heteroatoms. The van der Waals surface area contributed by atoms with Crippen molar-refractivity contribution >= 4 is 17.7 Å². The minimum absolute atomic E-state index is 0.00107. The monoisotopic (exact) mass is 364 g/mol. The molecule has 1 unspecified atom stereocenters. The van der Waals surface area contributed by atoms with E-state index in [9.17, 15) is 14.4 Å². The number of esters is 1. The van der Waals surface area contributed by atoms with Crippen molar-refractivity contribution in [2.24, 2.45) is 5.92 Å². The molecule has 1 aliphatic rings. The Labute approximate surface area is 154 Å². The first-order chi connectivity index (χ1) is 12.3. The second-order valence-corrected chi connectivity index (χ2v) is 6.81. The Kier molecular flexibility index (Phi) is 6.58. The summed E-state index contributed by atoms with van der Waals surface area (Å²) < 4.78 is 9.87. The van der Waals surface area contributed by atoms with Crippen LogP contribution in [0, 0.1) is 19.8 Å². The summed E-state index contributed by atoms with van der Waals surface area (Å²) >= 11 is 0. The zero-order valence-electron chi connectivity index (χ0n) is 16.2. The van der Waals surface area contributed by atoms with Crippen molar-refractivity contribution in [3.05, 3.63) is 22.5 Å². The second-order valence-electron chi connectivity index (χ2n) is 6.81. The van der Waals surface area contributed by atoms with Gasteiger partial charge in [-0.2, -0.15) is 0 Å². The van der Waals surface area contributed by atoms with Crippen LogP contribution in [-0.2, 0) is 14.3 Å². The van der Waals surface area contributed by atoms with E-state index in [4.69, 9.17) is 9.47 Å². The van der Waals surface area contributed by atoms with Crippen LogP contribution >= 0.6 is 0 Å².